The second-order valence-corrected chi connectivity index (χ2v) is 4.22. The van der Waals surface area contributed by atoms with Gasteiger partial charge in [0.2, 0.25) is 5.91 Å². The van der Waals surface area contributed by atoms with E-state index >= 15 is 0 Å². The smallest absolute Gasteiger partial charge is 0.221 e. The molecule has 1 amide bonds. The molecule has 2 N–H and O–H groups in total. The maximum Gasteiger partial charge on any atom is 0.221 e. The quantitative estimate of drug-likeness (QED) is 0.764. The molecule has 2 heterocycles. The number of hydrogen-bond donors (Lipinski definition) is 2. The molecule has 2 rings (SSSR count). The van der Waals surface area contributed by atoms with Gasteiger partial charge in [0.1, 0.15) is 0 Å². The Hall–Kier alpha value is -1.36. The van der Waals surface area contributed by atoms with E-state index in [9.17, 15) is 4.79 Å². The Bertz CT molecular complexity index is 355. The van der Waals surface area contributed by atoms with E-state index in [2.05, 4.69) is 15.7 Å². The lowest BCUT2D eigenvalue weighted by molar-refractivity contribution is -0.121. The van der Waals surface area contributed by atoms with Gasteiger partial charge in [-0.3, -0.25) is 9.48 Å². The first kappa shape index (κ1) is 11.1. The molecule has 5 heteroatoms. The van der Waals surface area contributed by atoms with Gasteiger partial charge in [0.15, 0.2) is 0 Å². The van der Waals surface area contributed by atoms with Crippen molar-refractivity contribution >= 4 is 5.91 Å². The summed E-state index contributed by atoms with van der Waals surface area (Å²) in [7, 11) is 1.88. The van der Waals surface area contributed by atoms with Gasteiger partial charge in [-0.25, -0.2) is 0 Å². The summed E-state index contributed by atoms with van der Waals surface area (Å²) in [4.78, 5) is 11.6. The fourth-order valence-electron chi connectivity index (χ4n) is 1.99. The van der Waals surface area contributed by atoms with Gasteiger partial charge in [0, 0.05) is 25.7 Å². The molecule has 0 bridgehead atoms. The van der Waals surface area contributed by atoms with Crippen LogP contribution in [0.3, 0.4) is 0 Å². The molecular formula is C11H18N4O. The van der Waals surface area contributed by atoms with Crippen molar-refractivity contribution in [2.75, 3.05) is 6.54 Å². The van der Waals surface area contributed by atoms with Crippen LogP contribution in [0.15, 0.2) is 12.3 Å². The topological polar surface area (TPSA) is 59.0 Å². The minimum absolute atomic E-state index is 0.112. The van der Waals surface area contributed by atoms with E-state index in [0.717, 1.165) is 18.7 Å². The van der Waals surface area contributed by atoms with Crippen LogP contribution in [0, 0.1) is 0 Å². The Morgan fingerprint density at radius 1 is 1.75 bits per heavy atom. The van der Waals surface area contributed by atoms with Crippen molar-refractivity contribution in [1.29, 1.82) is 0 Å². The molecule has 5 nitrogen and oxygen atoms in total. The third-order valence-electron chi connectivity index (χ3n) is 2.98. The molecule has 0 radical (unpaired) electrons. The number of aryl methyl sites for hydroxylation is 1. The molecule has 1 aliphatic heterocycles. The standard InChI is InChI=1S/C11H18N4O/c1-15-10(4-6-14-15)8-13-11(16)7-9-3-2-5-12-9/h4,6,9,12H,2-3,5,7-8H2,1H3,(H,13,16). The zero-order valence-electron chi connectivity index (χ0n) is 9.57. The highest BCUT2D eigenvalue weighted by molar-refractivity contribution is 5.76. The molecule has 16 heavy (non-hydrogen) atoms. The fourth-order valence-corrected chi connectivity index (χ4v) is 1.99. The third kappa shape index (κ3) is 2.82. The average molecular weight is 222 g/mol. The molecule has 1 aliphatic rings. The van der Waals surface area contributed by atoms with Crippen LogP contribution < -0.4 is 10.6 Å². The van der Waals surface area contributed by atoms with Crippen LogP contribution in [-0.2, 0) is 18.4 Å². The highest BCUT2D eigenvalue weighted by Crippen LogP contribution is 2.08. The molecule has 1 fully saturated rings. The second kappa shape index (κ2) is 5.12. The minimum Gasteiger partial charge on any atom is -0.350 e. The molecule has 88 valence electrons. The fraction of sp³-hybridized carbons (Fsp3) is 0.636. The van der Waals surface area contributed by atoms with Gasteiger partial charge in [0.25, 0.3) is 0 Å². The molecule has 0 aliphatic carbocycles. The van der Waals surface area contributed by atoms with Crippen molar-refractivity contribution in [3.8, 4) is 0 Å². The van der Waals surface area contributed by atoms with Crippen LogP contribution in [0.25, 0.3) is 0 Å². The molecule has 1 aromatic heterocycles. The number of hydrogen-bond acceptors (Lipinski definition) is 3. The molecule has 1 aromatic rings. The zero-order valence-corrected chi connectivity index (χ0v) is 9.57. The van der Waals surface area contributed by atoms with Gasteiger partial charge in [0.05, 0.1) is 12.2 Å². The number of amides is 1. The van der Waals surface area contributed by atoms with Crippen LogP contribution in [0.5, 0.6) is 0 Å². The number of nitrogens with one attached hydrogen (secondary N) is 2. The maximum atomic E-state index is 11.6. The van der Waals surface area contributed by atoms with Crippen LogP contribution >= 0.6 is 0 Å². The molecule has 0 aromatic carbocycles. The largest absolute Gasteiger partial charge is 0.350 e. The zero-order chi connectivity index (χ0) is 11.4. The van der Waals surface area contributed by atoms with Crippen molar-refractivity contribution in [3.05, 3.63) is 18.0 Å². The lowest BCUT2D eigenvalue weighted by atomic mass is 10.1. The highest BCUT2D eigenvalue weighted by Gasteiger charge is 2.17. The van der Waals surface area contributed by atoms with Gasteiger partial charge in [-0.2, -0.15) is 5.10 Å². The number of rotatable bonds is 4. The van der Waals surface area contributed by atoms with Gasteiger partial charge < -0.3 is 10.6 Å². The van der Waals surface area contributed by atoms with Crippen LogP contribution in [0.1, 0.15) is 25.0 Å². The van der Waals surface area contributed by atoms with E-state index in [4.69, 9.17) is 0 Å². The van der Waals surface area contributed by atoms with Crippen molar-refractivity contribution in [2.24, 2.45) is 7.05 Å². The number of nitrogens with zero attached hydrogens (tertiary/aromatic N) is 2. The Labute approximate surface area is 95.2 Å². The predicted octanol–water partition coefficient (Wildman–Crippen LogP) is 0.178. The molecular weight excluding hydrogens is 204 g/mol. The Kier molecular flexibility index (Phi) is 3.56. The lowest BCUT2D eigenvalue weighted by Crippen LogP contribution is -2.31. The van der Waals surface area contributed by atoms with Crippen molar-refractivity contribution in [2.45, 2.75) is 31.8 Å². The Morgan fingerprint density at radius 3 is 3.25 bits per heavy atom. The summed E-state index contributed by atoms with van der Waals surface area (Å²) in [6.07, 6.45) is 4.61. The Morgan fingerprint density at radius 2 is 2.62 bits per heavy atom. The first-order valence-electron chi connectivity index (χ1n) is 5.72. The van der Waals surface area contributed by atoms with Crippen LogP contribution in [0.4, 0.5) is 0 Å². The highest BCUT2D eigenvalue weighted by atomic mass is 16.1. The van der Waals surface area contributed by atoms with Crippen molar-refractivity contribution < 1.29 is 4.79 Å². The molecule has 1 unspecified atom stereocenters. The summed E-state index contributed by atoms with van der Waals surface area (Å²) >= 11 is 0. The van der Waals surface area contributed by atoms with E-state index in [1.807, 2.05) is 13.1 Å². The first-order chi connectivity index (χ1) is 7.75. The summed E-state index contributed by atoms with van der Waals surface area (Å²) in [6.45, 7) is 1.60. The summed E-state index contributed by atoms with van der Waals surface area (Å²) in [5.41, 5.74) is 1.02. The van der Waals surface area contributed by atoms with Crippen molar-refractivity contribution in [1.82, 2.24) is 20.4 Å². The van der Waals surface area contributed by atoms with E-state index in [-0.39, 0.29) is 5.91 Å². The average Bonchev–Trinajstić information content (AvgIpc) is 2.87. The number of carbonyl (C=O) groups is 1. The molecule has 1 saturated heterocycles. The van der Waals surface area contributed by atoms with Crippen LogP contribution in [-0.4, -0.2) is 28.3 Å². The first-order valence-corrected chi connectivity index (χ1v) is 5.72. The molecule has 1 atom stereocenters. The number of aromatic nitrogens is 2. The summed E-state index contributed by atoms with van der Waals surface area (Å²) in [5.74, 6) is 0.112. The summed E-state index contributed by atoms with van der Waals surface area (Å²) < 4.78 is 1.77. The van der Waals surface area contributed by atoms with Crippen LogP contribution in [0.2, 0.25) is 0 Å². The predicted molar refractivity (Wildman–Crippen MR) is 60.7 cm³/mol. The van der Waals surface area contributed by atoms with Gasteiger partial charge in [-0.15, -0.1) is 0 Å². The van der Waals surface area contributed by atoms with E-state index in [0.29, 0.717) is 19.0 Å². The Balaban J connectivity index is 1.73. The molecule has 0 spiro atoms. The molecule has 0 saturated carbocycles. The number of carbonyl (C=O) groups excluding carboxylic acids is 1. The van der Waals surface area contributed by atoms with E-state index in [1.165, 1.54) is 6.42 Å². The monoisotopic (exact) mass is 222 g/mol. The second-order valence-electron chi connectivity index (χ2n) is 4.22. The normalized spacial score (nSPS) is 19.9. The van der Waals surface area contributed by atoms with E-state index < -0.39 is 0 Å². The summed E-state index contributed by atoms with van der Waals surface area (Å²) in [6, 6.07) is 2.28. The van der Waals surface area contributed by atoms with E-state index in [1.54, 1.807) is 10.9 Å². The third-order valence-corrected chi connectivity index (χ3v) is 2.98. The van der Waals surface area contributed by atoms with Gasteiger partial charge in [-0.1, -0.05) is 0 Å². The van der Waals surface area contributed by atoms with Gasteiger partial charge in [-0.05, 0) is 25.5 Å². The minimum atomic E-state index is 0.112. The lowest BCUT2D eigenvalue weighted by Gasteiger charge is -2.10. The maximum absolute atomic E-state index is 11.6. The van der Waals surface area contributed by atoms with Gasteiger partial charge >= 0.3 is 0 Å². The summed E-state index contributed by atoms with van der Waals surface area (Å²) in [5, 5.41) is 10.3. The SMILES string of the molecule is Cn1nccc1CNC(=O)CC1CCCN1. The van der Waals surface area contributed by atoms with Crippen molar-refractivity contribution in [3.63, 3.8) is 0 Å².